The molecular formula is C16H20N2O3. The maximum atomic E-state index is 12.6. The van der Waals surface area contributed by atoms with Gasteiger partial charge in [0.15, 0.2) is 0 Å². The van der Waals surface area contributed by atoms with E-state index in [2.05, 4.69) is 5.18 Å². The van der Waals surface area contributed by atoms with Crippen molar-refractivity contribution in [2.75, 3.05) is 24.7 Å². The Morgan fingerprint density at radius 1 is 1.33 bits per heavy atom. The fraction of sp³-hybridized carbons (Fsp3) is 0.562. The number of hydrogen-bond acceptors (Lipinski definition) is 4. The van der Waals surface area contributed by atoms with Crippen LogP contribution < -0.4 is 4.90 Å². The van der Waals surface area contributed by atoms with Gasteiger partial charge in [0.05, 0.1) is 0 Å². The van der Waals surface area contributed by atoms with E-state index in [0.717, 1.165) is 56.7 Å². The van der Waals surface area contributed by atoms with E-state index in [0.29, 0.717) is 18.0 Å². The molecule has 2 aliphatic rings. The Morgan fingerprint density at radius 3 is 2.90 bits per heavy atom. The summed E-state index contributed by atoms with van der Waals surface area (Å²) < 4.78 is 5.34. The molecule has 0 aliphatic carbocycles. The topological polar surface area (TPSA) is 59.0 Å². The zero-order valence-electron chi connectivity index (χ0n) is 12.1. The van der Waals surface area contributed by atoms with Crippen molar-refractivity contribution in [3.05, 3.63) is 28.7 Å². The number of carbonyl (C=O) groups excluding carboxylic acids is 1. The third-order valence-corrected chi connectivity index (χ3v) is 4.43. The molecule has 2 aliphatic heterocycles. The maximum Gasteiger partial charge on any atom is 0.227 e. The first-order valence-electron chi connectivity index (χ1n) is 7.63. The molecule has 21 heavy (non-hydrogen) atoms. The lowest BCUT2D eigenvalue weighted by atomic mass is 9.94. The van der Waals surface area contributed by atoms with Gasteiger partial charge >= 0.3 is 0 Å². The summed E-state index contributed by atoms with van der Waals surface area (Å²) in [5.74, 6) is 0.579. The van der Waals surface area contributed by atoms with Crippen LogP contribution in [0.1, 0.15) is 31.2 Å². The molecule has 0 unspecified atom stereocenters. The van der Waals surface area contributed by atoms with Gasteiger partial charge in [0.2, 0.25) is 5.91 Å². The number of hydrogen-bond donors (Lipinski definition) is 0. The summed E-state index contributed by atoms with van der Waals surface area (Å²) in [4.78, 5) is 25.3. The second kappa shape index (κ2) is 6.35. The second-order valence-electron chi connectivity index (χ2n) is 5.77. The van der Waals surface area contributed by atoms with Crippen LogP contribution in [-0.4, -0.2) is 25.7 Å². The van der Waals surface area contributed by atoms with Gasteiger partial charge in [-0.15, -0.1) is 4.91 Å². The summed E-state index contributed by atoms with van der Waals surface area (Å²) in [6.07, 6.45) is 4.20. The van der Waals surface area contributed by atoms with Crippen molar-refractivity contribution < 1.29 is 9.53 Å². The van der Waals surface area contributed by atoms with Crippen LogP contribution in [0.3, 0.4) is 0 Å². The van der Waals surface area contributed by atoms with E-state index in [4.69, 9.17) is 4.74 Å². The molecule has 5 nitrogen and oxygen atoms in total. The molecule has 1 fully saturated rings. The Kier molecular flexibility index (Phi) is 4.29. The van der Waals surface area contributed by atoms with Gasteiger partial charge in [-0.25, -0.2) is 0 Å². The van der Waals surface area contributed by atoms with Crippen LogP contribution in [0.2, 0.25) is 0 Å². The van der Waals surface area contributed by atoms with Crippen LogP contribution in [0, 0.1) is 10.8 Å². The van der Waals surface area contributed by atoms with Gasteiger partial charge in [-0.1, -0.05) is 6.07 Å². The van der Waals surface area contributed by atoms with Crippen LogP contribution in [-0.2, 0) is 16.0 Å². The molecule has 1 saturated heterocycles. The summed E-state index contributed by atoms with van der Waals surface area (Å²) in [5, 5.41) is 3.09. The summed E-state index contributed by atoms with van der Waals surface area (Å²) in [7, 11) is 0. The number of carbonyl (C=O) groups is 1. The van der Waals surface area contributed by atoms with Gasteiger partial charge in [-0.2, -0.15) is 0 Å². The highest BCUT2D eigenvalue weighted by atomic mass is 16.5. The summed E-state index contributed by atoms with van der Waals surface area (Å²) in [6, 6.07) is 5.44. The number of ether oxygens (including phenoxy) is 1. The lowest BCUT2D eigenvalue weighted by Crippen LogP contribution is -2.37. The third-order valence-electron chi connectivity index (χ3n) is 4.43. The zero-order chi connectivity index (χ0) is 14.7. The first-order chi connectivity index (χ1) is 10.3. The predicted octanol–water partition coefficient (Wildman–Crippen LogP) is 3.18. The van der Waals surface area contributed by atoms with E-state index in [1.54, 1.807) is 12.1 Å². The monoisotopic (exact) mass is 288 g/mol. The quantitative estimate of drug-likeness (QED) is 0.803. The van der Waals surface area contributed by atoms with Gasteiger partial charge in [0.25, 0.3) is 0 Å². The Balaban J connectivity index is 1.77. The molecule has 3 rings (SSSR count). The maximum absolute atomic E-state index is 12.6. The number of anilines is 1. The van der Waals surface area contributed by atoms with E-state index in [-0.39, 0.29) is 5.91 Å². The molecule has 1 amide bonds. The Morgan fingerprint density at radius 2 is 2.14 bits per heavy atom. The molecule has 0 radical (unpaired) electrons. The van der Waals surface area contributed by atoms with Crippen molar-refractivity contribution in [3.8, 4) is 0 Å². The highest BCUT2D eigenvalue weighted by Gasteiger charge is 2.27. The SMILES string of the molecule is O=Nc1cccc2c1CCCN2C(=O)CC1CCOCC1. The van der Waals surface area contributed by atoms with Crippen molar-refractivity contribution >= 4 is 17.3 Å². The number of benzene rings is 1. The number of rotatable bonds is 3. The first kappa shape index (κ1) is 14.2. The molecule has 2 heterocycles. The molecule has 0 atom stereocenters. The highest BCUT2D eigenvalue weighted by Crippen LogP contribution is 2.35. The minimum atomic E-state index is 0.158. The van der Waals surface area contributed by atoms with Gasteiger partial charge < -0.3 is 9.64 Å². The molecule has 0 saturated carbocycles. The minimum Gasteiger partial charge on any atom is -0.381 e. The smallest absolute Gasteiger partial charge is 0.227 e. The molecule has 0 N–H and O–H groups in total. The Hall–Kier alpha value is -1.75. The molecular weight excluding hydrogens is 268 g/mol. The molecule has 5 heteroatoms. The third kappa shape index (κ3) is 2.97. The van der Waals surface area contributed by atoms with Crippen LogP contribution in [0.5, 0.6) is 0 Å². The molecule has 112 valence electrons. The van der Waals surface area contributed by atoms with Crippen molar-refractivity contribution in [1.82, 2.24) is 0 Å². The van der Waals surface area contributed by atoms with Crippen LogP contribution in [0.25, 0.3) is 0 Å². The standard InChI is InChI=1S/C16H20N2O3/c19-16(11-12-6-9-21-10-7-12)18-8-2-3-13-14(17-20)4-1-5-15(13)18/h1,4-5,12H,2-3,6-11H2. The van der Waals surface area contributed by atoms with E-state index in [9.17, 15) is 9.70 Å². The molecule has 1 aromatic rings. The van der Waals surface area contributed by atoms with Crippen molar-refractivity contribution in [2.45, 2.75) is 32.1 Å². The summed E-state index contributed by atoms with van der Waals surface area (Å²) >= 11 is 0. The number of nitrogens with zero attached hydrogens (tertiary/aromatic N) is 2. The Bertz CT molecular complexity index is 538. The zero-order valence-corrected chi connectivity index (χ0v) is 12.1. The fourth-order valence-electron chi connectivity index (χ4n) is 3.26. The molecule has 1 aromatic carbocycles. The van der Waals surface area contributed by atoms with E-state index in [1.165, 1.54) is 0 Å². The van der Waals surface area contributed by atoms with Crippen molar-refractivity contribution in [2.24, 2.45) is 11.1 Å². The largest absolute Gasteiger partial charge is 0.381 e. The van der Waals surface area contributed by atoms with E-state index < -0.39 is 0 Å². The minimum absolute atomic E-state index is 0.158. The van der Waals surface area contributed by atoms with Gasteiger partial charge in [0.1, 0.15) is 5.69 Å². The normalized spacial score (nSPS) is 19.1. The fourth-order valence-corrected chi connectivity index (χ4v) is 3.26. The Labute approximate surface area is 124 Å². The average molecular weight is 288 g/mol. The second-order valence-corrected chi connectivity index (χ2v) is 5.77. The molecule has 0 aromatic heterocycles. The number of amides is 1. The van der Waals surface area contributed by atoms with Gasteiger partial charge in [-0.3, -0.25) is 4.79 Å². The van der Waals surface area contributed by atoms with E-state index >= 15 is 0 Å². The van der Waals surface area contributed by atoms with Crippen molar-refractivity contribution in [1.29, 1.82) is 0 Å². The predicted molar refractivity (Wildman–Crippen MR) is 80.7 cm³/mol. The summed E-state index contributed by atoms with van der Waals surface area (Å²) in [5.41, 5.74) is 2.26. The first-order valence-corrected chi connectivity index (χ1v) is 7.63. The van der Waals surface area contributed by atoms with Gasteiger partial charge in [-0.05, 0) is 48.9 Å². The van der Waals surface area contributed by atoms with Crippen LogP contribution in [0.4, 0.5) is 11.4 Å². The lowest BCUT2D eigenvalue weighted by molar-refractivity contribution is -0.120. The van der Waals surface area contributed by atoms with Crippen LogP contribution >= 0.6 is 0 Å². The lowest BCUT2D eigenvalue weighted by Gasteiger charge is -2.31. The summed E-state index contributed by atoms with van der Waals surface area (Å²) in [6.45, 7) is 2.25. The molecule has 0 bridgehead atoms. The van der Waals surface area contributed by atoms with Crippen LogP contribution in [0.15, 0.2) is 23.4 Å². The van der Waals surface area contributed by atoms with E-state index in [1.807, 2.05) is 11.0 Å². The molecule has 0 spiro atoms. The highest BCUT2D eigenvalue weighted by molar-refractivity contribution is 5.95. The number of nitroso groups, excluding NO2 is 1. The average Bonchev–Trinajstić information content (AvgIpc) is 2.54. The number of fused-ring (bicyclic) bond motifs is 1. The van der Waals surface area contributed by atoms with Gasteiger partial charge in [0, 0.05) is 37.4 Å². The van der Waals surface area contributed by atoms with Crippen molar-refractivity contribution in [3.63, 3.8) is 0 Å².